The SMILES string of the molecule is Nc1cc(-c2cccnc2)sc1C(=O)O. The van der Waals surface area contributed by atoms with Crippen LogP contribution in [0.2, 0.25) is 0 Å². The number of pyridine rings is 1. The molecule has 0 saturated carbocycles. The molecule has 2 aromatic rings. The monoisotopic (exact) mass is 220 g/mol. The van der Waals surface area contributed by atoms with Crippen LogP contribution in [-0.2, 0) is 0 Å². The van der Waals surface area contributed by atoms with Crippen molar-refractivity contribution in [3.05, 3.63) is 35.5 Å². The number of aromatic nitrogens is 1. The van der Waals surface area contributed by atoms with E-state index >= 15 is 0 Å². The van der Waals surface area contributed by atoms with Gasteiger partial charge in [-0.05, 0) is 12.1 Å². The molecule has 0 aliphatic carbocycles. The Bertz CT molecular complexity index is 493. The minimum atomic E-state index is -0.993. The first kappa shape index (κ1) is 9.67. The maximum absolute atomic E-state index is 10.8. The molecule has 4 nitrogen and oxygen atoms in total. The summed E-state index contributed by atoms with van der Waals surface area (Å²) >= 11 is 1.16. The summed E-state index contributed by atoms with van der Waals surface area (Å²) in [4.78, 5) is 15.7. The molecule has 0 fully saturated rings. The fourth-order valence-electron chi connectivity index (χ4n) is 1.22. The summed E-state index contributed by atoms with van der Waals surface area (Å²) < 4.78 is 0. The lowest BCUT2D eigenvalue weighted by atomic mass is 10.2. The molecule has 2 heterocycles. The quantitative estimate of drug-likeness (QED) is 0.812. The lowest BCUT2D eigenvalue weighted by Crippen LogP contribution is -1.96. The number of nitrogens with two attached hydrogens (primary N) is 1. The number of anilines is 1. The molecule has 0 atom stereocenters. The molecule has 15 heavy (non-hydrogen) atoms. The topological polar surface area (TPSA) is 76.2 Å². The van der Waals surface area contributed by atoms with Crippen molar-refractivity contribution in [2.45, 2.75) is 0 Å². The van der Waals surface area contributed by atoms with Gasteiger partial charge in [0.15, 0.2) is 0 Å². The minimum absolute atomic E-state index is 0.175. The van der Waals surface area contributed by atoms with Crippen LogP contribution < -0.4 is 5.73 Å². The van der Waals surface area contributed by atoms with Gasteiger partial charge in [0.05, 0.1) is 5.69 Å². The van der Waals surface area contributed by atoms with Crippen LogP contribution >= 0.6 is 11.3 Å². The zero-order valence-corrected chi connectivity index (χ0v) is 8.49. The molecule has 76 valence electrons. The van der Waals surface area contributed by atoms with E-state index in [1.54, 1.807) is 24.5 Å². The molecule has 0 unspecified atom stereocenters. The average Bonchev–Trinajstić information content (AvgIpc) is 2.62. The molecular formula is C10H8N2O2S. The van der Waals surface area contributed by atoms with E-state index < -0.39 is 5.97 Å². The van der Waals surface area contributed by atoms with Crippen molar-refractivity contribution >= 4 is 23.0 Å². The highest BCUT2D eigenvalue weighted by Crippen LogP contribution is 2.32. The van der Waals surface area contributed by atoms with Crippen LogP contribution in [0.3, 0.4) is 0 Å². The van der Waals surface area contributed by atoms with Gasteiger partial charge >= 0.3 is 5.97 Å². The van der Waals surface area contributed by atoms with Crippen molar-refractivity contribution in [1.82, 2.24) is 4.98 Å². The maximum atomic E-state index is 10.8. The van der Waals surface area contributed by atoms with Gasteiger partial charge in [-0.3, -0.25) is 4.98 Å². The standard InChI is InChI=1S/C10H8N2O2S/c11-7-4-8(15-9(7)10(13)14)6-2-1-3-12-5-6/h1-5H,11H2,(H,13,14). The number of carbonyl (C=O) groups is 1. The van der Waals surface area contributed by atoms with Crippen LogP contribution in [0.5, 0.6) is 0 Å². The molecule has 2 aromatic heterocycles. The van der Waals surface area contributed by atoms with Gasteiger partial charge < -0.3 is 10.8 Å². The highest BCUT2D eigenvalue weighted by molar-refractivity contribution is 7.17. The van der Waals surface area contributed by atoms with Crippen LogP contribution in [0, 0.1) is 0 Å². The Kier molecular flexibility index (Phi) is 2.39. The van der Waals surface area contributed by atoms with E-state index in [9.17, 15) is 4.79 Å². The number of carboxylic acids is 1. The van der Waals surface area contributed by atoms with Crippen LogP contribution in [-0.4, -0.2) is 16.1 Å². The van der Waals surface area contributed by atoms with E-state index in [-0.39, 0.29) is 4.88 Å². The molecule has 0 amide bonds. The molecule has 0 aliphatic heterocycles. The van der Waals surface area contributed by atoms with Crippen molar-refractivity contribution in [1.29, 1.82) is 0 Å². The first-order chi connectivity index (χ1) is 7.18. The number of carboxylic acid groups (broad SMARTS) is 1. The van der Waals surface area contributed by atoms with Gasteiger partial charge in [0.2, 0.25) is 0 Å². The zero-order chi connectivity index (χ0) is 10.8. The molecule has 0 spiro atoms. The minimum Gasteiger partial charge on any atom is -0.477 e. The van der Waals surface area contributed by atoms with E-state index in [0.29, 0.717) is 5.69 Å². The largest absolute Gasteiger partial charge is 0.477 e. The Morgan fingerprint density at radius 3 is 2.87 bits per heavy atom. The number of nitrogen functional groups attached to an aromatic ring is 1. The molecule has 2 rings (SSSR count). The molecule has 0 radical (unpaired) electrons. The average molecular weight is 220 g/mol. The Balaban J connectivity index is 2.48. The number of hydrogen-bond acceptors (Lipinski definition) is 4. The third-order valence-electron chi connectivity index (χ3n) is 1.90. The second kappa shape index (κ2) is 3.70. The number of rotatable bonds is 2. The van der Waals surface area contributed by atoms with Gasteiger partial charge in [-0.25, -0.2) is 4.79 Å². The second-order valence-electron chi connectivity index (χ2n) is 2.94. The normalized spacial score (nSPS) is 10.1. The van der Waals surface area contributed by atoms with Crippen molar-refractivity contribution in [3.8, 4) is 10.4 Å². The summed E-state index contributed by atoms with van der Waals surface area (Å²) in [5.74, 6) is -0.993. The van der Waals surface area contributed by atoms with Crippen molar-refractivity contribution in [3.63, 3.8) is 0 Å². The lowest BCUT2D eigenvalue weighted by Gasteiger charge is -1.93. The van der Waals surface area contributed by atoms with Crippen molar-refractivity contribution in [2.24, 2.45) is 0 Å². The molecular weight excluding hydrogens is 212 g/mol. The van der Waals surface area contributed by atoms with Crippen molar-refractivity contribution in [2.75, 3.05) is 5.73 Å². The smallest absolute Gasteiger partial charge is 0.348 e. The van der Waals surface area contributed by atoms with Crippen LogP contribution in [0.1, 0.15) is 9.67 Å². The first-order valence-corrected chi connectivity index (χ1v) is 5.03. The fraction of sp³-hybridized carbons (Fsp3) is 0. The predicted molar refractivity (Wildman–Crippen MR) is 58.9 cm³/mol. The van der Waals surface area contributed by atoms with Gasteiger partial charge in [-0.1, -0.05) is 6.07 Å². The first-order valence-electron chi connectivity index (χ1n) is 4.21. The highest BCUT2D eigenvalue weighted by Gasteiger charge is 2.13. The summed E-state index contributed by atoms with van der Waals surface area (Å²) in [6.45, 7) is 0. The number of hydrogen-bond donors (Lipinski definition) is 2. The summed E-state index contributed by atoms with van der Waals surface area (Å²) in [6, 6.07) is 5.32. The molecule has 0 aliphatic rings. The van der Waals surface area contributed by atoms with E-state index in [1.807, 2.05) is 6.07 Å². The van der Waals surface area contributed by atoms with Crippen LogP contribution in [0.15, 0.2) is 30.6 Å². The van der Waals surface area contributed by atoms with Gasteiger partial charge in [-0.15, -0.1) is 11.3 Å². The highest BCUT2D eigenvalue weighted by atomic mass is 32.1. The third kappa shape index (κ3) is 1.82. The summed E-state index contributed by atoms with van der Waals surface area (Å²) in [7, 11) is 0. The molecule has 5 heteroatoms. The van der Waals surface area contributed by atoms with Gasteiger partial charge in [0, 0.05) is 22.8 Å². The van der Waals surface area contributed by atoms with Crippen LogP contribution in [0.25, 0.3) is 10.4 Å². The summed E-state index contributed by atoms with van der Waals surface area (Å²) in [5.41, 5.74) is 6.76. The molecule has 3 N–H and O–H groups in total. The Morgan fingerprint density at radius 1 is 1.53 bits per heavy atom. The second-order valence-corrected chi connectivity index (χ2v) is 3.99. The number of aromatic carboxylic acids is 1. The van der Waals surface area contributed by atoms with Gasteiger partial charge in [-0.2, -0.15) is 0 Å². The summed E-state index contributed by atoms with van der Waals surface area (Å²) in [5, 5.41) is 8.84. The zero-order valence-electron chi connectivity index (χ0n) is 7.68. The Labute approximate surface area is 90.0 Å². The van der Waals surface area contributed by atoms with E-state index in [0.717, 1.165) is 21.8 Å². The third-order valence-corrected chi connectivity index (χ3v) is 3.09. The molecule has 0 bridgehead atoms. The fourth-order valence-corrected chi connectivity index (χ4v) is 2.13. The van der Waals surface area contributed by atoms with E-state index in [2.05, 4.69) is 4.98 Å². The van der Waals surface area contributed by atoms with Gasteiger partial charge in [0.25, 0.3) is 0 Å². The Hall–Kier alpha value is -1.88. The summed E-state index contributed by atoms with van der Waals surface area (Å²) in [6.07, 6.45) is 3.34. The van der Waals surface area contributed by atoms with Crippen LogP contribution in [0.4, 0.5) is 5.69 Å². The maximum Gasteiger partial charge on any atom is 0.348 e. The Morgan fingerprint density at radius 2 is 2.33 bits per heavy atom. The lowest BCUT2D eigenvalue weighted by molar-refractivity contribution is 0.0703. The van der Waals surface area contributed by atoms with E-state index in [1.165, 1.54) is 0 Å². The molecule has 0 saturated heterocycles. The van der Waals surface area contributed by atoms with Crippen molar-refractivity contribution < 1.29 is 9.90 Å². The van der Waals surface area contributed by atoms with E-state index in [4.69, 9.17) is 10.8 Å². The number of nitrogens with zero attached hydrogens (tertiary/aromatic N) is 1. The predicted octanol–water partition coefficient (Wildman–Crippen LogP) is 2.09. The molecule has 0 aromatic carbocycles. The van der Waals surface area contributed by atoms with Gasteiger partial charge in [0.1, 0.15) is 4.88 Å². The number of thiophene rings is 1.